The Morgan fingerprint density at radius 2 is 2.08 bits per heavy atom. The summed E-state index contributed by atoms with van der Waals surface area (Å²) in [6.07, 6.45) is 5.27. The highest BCUT2D eigenvalue weighted by Crippen LogP contribution is 2.36. The minimum Gasteiger partial charge on any atom is -0.346 e. The summed E-state index contributed by atoms with van der Waals surface area (Å²) in [5.41, 5.74) is 4.12. The van der Waals surface area contributed by atoms with E-state index in [4.69, 9.17) is 12.2 Å². The number of aryl methyl sites for hydroxylation is 1. The highest BCUT2D eigenvalue weighted by molar-refractivity contribution is 8.27. The molecule has 1 fully saturated rings. The summed E-state index contributed by atoms with van der Waals surface area (Å²) in [6.45, 7) is 8.49. The van der Waals surface area contributed by atoms with Crippen LogP contribution in [0, 0.1) is 13.8 Å². The lowest BCUT2D eigenvalue weighted by molar-refractivity contribution is -0.113. The SMILES string of the molecule is Cc1cc(/C=C2\SC(=S)N(c3cccnc3)C2=O)c(C)n1C(C)C. The second kappa shape index (κ2) is 6.53. The van der Waals surface area contributed by atoms with Crippen LogP contribution in [0.4, 0.5) is 5.69 Å². The number of anilines is 1. The molecule has 1 aliphatic heterocycles. The van der Waals surface area contributed by atoms with Gasteiger partial charge in [0.15, 0.2) is 4.32 Å². The van der Waals surface area contributed by atoms with Crippen molar-refractivity contribution in [1.82, 2.24) is 9.55 Å². The topological polar surface area (TPSA) is 38.1 Å². The maximum Gasteiger partial charge on any atom is 0.270 e. The van der Waals surface area contributed by atoms with Crippen molar-refractivity contribution < 1.29 is 4.79 Å². The van der Waals surface area contributed by atoms with Gasteiger partial charge in [0.2, 0.25) is 0 Å². The summed E-state index contributed by atoms with van der Waals surface area (Å²) in [6, 6.07) is 6.14. The summed E-state index contributed by atoms with van der Waals surface area (Å²) < 4.78 is 2.81. The first kappa shape index (κ1) is 16.9. The first-order valence-corrected chi connectivity index (χ1v) is 8.99. The van der Waals surface area contributed by atoms with Gasteiger partial charge in [-0.15, -0.1) is 0 Å². The predicted molar refractivity (Wildman–Crippen MR) is 104 cm³/mol. The molecule has 3 heterocycles. The Kier molecular flexibility index (Phi) is 4.60. The van der Waals surface area contributed by atoms with Gasteiger partial charge in [-0.1, -0.05) is 24.0 Å². The number of aromatic nitrogens is 2. The van der Waals surface area contributed by atoms with Crippen LogP contribution in [0.2, 0.25) is 0 Å². The number of carbonyl (C=O) groups is 1. The van der Waals surface area contributed by atoms with Crippen LogP contribution in [0.25, 0.3) is 6.08 Å². The van der Waals surface area contributed by atoms with E-state index in [1.165, 1.54) is 17.5 Å². The van der Waals surface area contributed by atoms with Crippen molar-refractivity contribution in [3.8, 4) is 0 Å². The van der Waals surface area contributed by atoms with Gasteiger partial charge in [-0.3, -0.25) is 14.7 Å². The van der Waals surface area contributed by atoms with Crippen molar-refractivity contribution in [1.29, 1.82) is 0 Å². The van der Waals surface area contributed by atoms with Gasteiger partial charge in [0, 0.05) is 23.6 Å². The van der Waals surface area contributed by atoms with Crippen LogP contribution in [0.3, 0.4) is 0 Å². The molecule has 4 nitrogen and oxygen atoms in total. The molecule has 6 heteroatoms. The molecular formula is C18H19N3OS2. The summed E-state index contributed by atoms with van der Waals surface area (Å²) in [5.74, 6) is -0.0904. The van der Waals surface area contributed by atoms with Crippen LogP contribution >= 0.6 is 24.0 Å². The van der Waals surface area contributed by atoms with E-state index >= 15 is 0 Å². The third-order valence-electron chi connectivity index (χ3n) is 4.02. The van der Waals surface area contributed by atoms with E-state index in [9.17, 15) is 4.79 Å². The Morgan fingerprint density at radius 3 is 2.67 bits per heavy atom. The van der Waals surface area contributed by atoms with E-state index in [-0.39, 0.29) is 5.91 Å². The van der Waals surface area contributed by atoms with Crippen molar-refractivity contribution >= 4 is 46.0 Å². The molecule has 124 valence electrons. The molecule has 3 rings (SSSR count). The van der Waals surface area contributed by atoms with Crippen LogP contribution in [0.1, 0.15) is 36.8 Å². The molecule has 0 spiro atoms. The van der Waals surface area contributed by atoms with Crippen molar-refractivity contribution in [3.05, 3.63) is 52.4 Å². The molecule has 0 saturated carbocycles. The molecule has 0 unspecified atom stereocenters. The zero-order valence-electron chi connectivity index (χ0n) is 14.1. The molecular weight excluding hydrogens is 338 g/mol. The number of hydrogen-bond donors (Lipinski definition) is 0. The fraction of sp³-hybridized carbons (Fsp3) is 0.278. The smallest absolute Gasteiger partial charge is 0.270 e. The largest absolute Gasteiger partial charge is 0.346 e. The van der Waals surface area contributed by atoms with Crippen LogP contribution < -0.4 is 4.90 Å². The molecule has 1 amide bonds. The lowest BCUT2D eigenvalue weighted by atomic mass is 10.2. The second-order valence-electron chi connectivity index (χ2n) is 6.02. The standard InChI is InChI=1S/C18H19N3OS2/c1-11(2)20-12(3)8-14(13(20)4)9-16-17(22)21(18(23)24-16)15-6-5-7-19-10-15/h5-11H,1-4H3/b16-9-. The van der Waals surface area contributed by atoms with Crippen molar-refractivity contribution in [3.63, 3.8) is 0 Å². The highest BCUT2D eigenvalue weighted by atomic mass is 32.2. The van der Waals surface area contributed by atoms with Crippen molar-refractivity contribution in [2.75, 3.05) is 4.90 Å². The number of amides is 1. The van der Waals surface area contributed by atoms with E-state index in [0.29, 0.717) is 21.0 Å². The van der Waals surface area contributed by atoms with Crippen LogP contribution in [-0.2, 0) is 4.79 Å². The number of nitrogens with zero attached hydrogens (tertiary/aromatic N) is 3. The average molecular weight is 358 g/mol. The molecule has 0 bridgehead atoms. The molecule has 1 aliphatic rings. The third-order valence-corrected chi connectivity index (χ3v) is 5.33. The molecule has 1 saturated heterocycles. The molecule has 0 N–H and O–H groups in total. The molecule has 0 radical (unpaired) electrons. The Balaban J connectivity index is 1.97. The minimum atomic E-state index is -0.0904. The molecule has 2 aromatic heterocycles. The summed E-state index contributed by atoms with van der Waals surface area (Å²) in [4.78, 5) is 19.0. The highest BCUT2D eigenvalue weighted by Gasteiger charge is 2.33. The van der Waals surface area contributed by atoms with Crippen LogP contribution in [0.5, 0.6) is 0 Å². The van der Waals surface area contributed by atoms with Gasteiger partial charge in [0.05, 0.1) is 16.8 Å². The van der Waals surface area contributed by atoms with Gasteiger partial charge in [-0.25, -0.2) is 0 Å². The first-order chi connectivity index (χ1) is 11.4. The van der Waals surface area contributed by atoms with Crippen LogP contribution in [-0.4, -0.2) is 19.8 Å². The zero-order valence-corrected chi connectivity index (χ0v) is 15.7. The Bertz CT molecular complexity index is 837. The second-order valence-corrected chi connectivity index (χ2v) is 7.69. The number of hydrogen-bond acceptors (Lipinski definition) is 4. The fourth-order valence-corrected chi connectivity index (χ4v) is 4.35. The number of thioether (sulfide) groups is 1. The predicted octanol–water partition coefficient (Wildman–Crippen LogP) is 4.49. The Labute approximate surface area is 151 Å². The van der Waals surface area contributed by atoms with E-state index in [1.807, 2.05) is 12.1 Å². The molecule has 0 aromatic carbocycles. The monoisotopic (exact) mass is 357 g/mol. The van der Waals surface area contributed by atoms with Crippen molar-refractivity contribution in [2.24, 2.45) is 0 Å². The molecule has 2 aromatic rings. The van der Waals surface area contributed by atoms with E-state index in [2.05, 4.69) is 43.3 Å². The normalized spacial score (nSPS) is 16.7. The van der Waals surface area contributed by atoms with Gasteiger partial charge in [-0.2, -0.15) is 0 Å². The number of thiocarbonyl (C=S) groups is 1. The van der Waals surface area contributed by atoms with Gasteiger partial charge < -0.3 is 4.57 Å². The quantitative estimate of drug-likeness (QED) is 0.599. The Morgan fingerprint density at radius 1 is 1.33 bits per heavy atom. The van der Waals surface area contributed by atoms with E-state index in [0.717, 1.165) is 11.3 Å². The Hall–Kier alpha value is -1.92. The van der Waals surface area contributed by atoms with Gasteiger partial charge in [-0.05, 0) is 57.5 Å². The van der Waals surface area contributed by atoms with E-state index < -0.39 is 0 Å². The zero-order chi connectivity index (χ0) is 17.4. The van der Waals surface area contributed by atoms with Gasteiger partial charge in [0.1, 0.15) is 0 Å². The maximum absolute atomic E-state index is 12.8. The van der Waals surface area contributed by atoms with Crippen LogP contribution in [0.15, 0.2) is 35.5 Å². The maximum atomic E-state index is 12.8. The number of carbonyl (C=O) groups excluding carboxylic acids is 1. The number of pyridine rings is 1. The molecule has 0 atom stereocenters. The number of rotatable bonds is 3. The summed E-state index contributed by atoms with van der Waals surface area (Å²) in [7, 11) is 0. The van der Waals surface area contributed by atoms with E-state index in [1.54, 1.807) is 23.4 Å². The van der Waals surface area contributed by atoms with Gasteiger partial charge >= 0.3 is 0 Å². The first-order valence-electron chi connectivity index (χ1n) is 7.76. The van der Waals surface area contributed by atoms with Crippen molar-refractivity contribution in [2.45, 2.75) is 33.7 Å². The third kappa shape index (κ3) is 2.91. The summed E-state index contributed by atoms with van der Waals surface area (Å²) >= 11 is 6.73. The molecule has 24 heavy (non-hydrogen) atoms. The fourth-order valence-electron chi connectivity index (χ4n) is 3.06. The lowest BCUT2D eigenvalue weighted by Crippen LogP contribution is -2.27. The van der Waals surface area contributed by atoms with Gasteiger partial charge in [0.25, 0.3) is 5.91 Å². The molecule has 0 aliphatic carbocycles. The average Bonchev–Trinajstić information content (AvgIpc) is 2.96. The lowest BCUT2D eigenvalue weighted by Gasteiger charge is -2.13. The summed E-state index contributed by atoms with van der Waals surface area (Å²) in [5, 5.41) is 0. The minimum absolute atomic E-state index is 0.0904.